The molecule has 0 bridgehead atoms. The highest BCUT2D eigenvalue weighted by molar-refractivity contribution is 4.99. The summed E-state index contributed by atoms with van der Waals surface area (Å²) in [5, 5.41) is 76.7. The van der Waals surface area contributed by atoms with Crippen molar-refractivity contribution in [3.05, 3.63) is 0 Å². The lowest BCUT2D eigenvalue weighted by Gasteiger charge is -2.44. The predicted molar refractivity (Wildman–Crippen MR) is 68.6 cm³/mol. The molecule has 2 aliphatic heterocycles. The summed E-state index contributed by atoms with van der Waals surface area (Å²) in [6, 6.07) is 0. The van der Waals surface area contributed by atoms with Gasteiger partial charge in [0.25, 0.3) is 0 Å². The van der Waals surface area contributed by atoms with Crippen molar-refractivity contribution in [2.75, 3.05) is 19.8 Å². The molecule has 0 aromatic rings. The molecule has 2 fully saturated rings. The van der Waals surface area contributed by atoms with E-state index in [0.29, 0.717) is 0 Å². The van der Waals surface area contributed by atoms with Gasteiger partial charge in [0.2, 0.25) is 5.79 Å². The van der Waals surface area contributed by atoms with Gasteiger partial charge in [-0.05, 0) is 0 Å². The van der Waals surface area contributed by atoms with Gasteiger partial charge in [-0.3, -0.25) is 0 Å². The molecule has 8 N–H and O–H groups in total. The summed E-state index contributed by atoms with van der Waals surface area (Å²) in [5.74, 6) is -2.21. The average molecular weight is 342 g/mol. The number of aliphatic hydroxyl groups is 8. The molecular weight excluding hydrogens is 320 g/mol. The third kappa shape index (κ3) is 3.23. The monoisotopic (exact) mass is 342 g/mol. The second kappa shape index (κ2) is 7.21. The summed E-state index contributed by atoms with van der Waals surface area (Å²) in [4.78, 5) is 0. The predicted octanol–water partition coefficient (Wildman–Crippen LogP) is -5.40. The van der Waals surface area contributed by atoms with Gasteiger partial charge in [-0.1, -0.05) is 0 Å². The van der Waals surface area contributed by atoms with Gasteiger partial charge < -0.3 is 55.1 Å². The van der Waals surface area contributed by atoms with Crippen LogP contribution >= 0.6 is 0 Å². The quantitative estimate of drug-likeness (QED) is 0.238. The topological polar surface area (TPSA) is 190 Å². The average Bonchev–Trinajstić information content (AvgIpc) is 2.80. The molecule has 0 aliphatic carbocycles. The van der Waals surface area contributed by atoms with Crippen LogP contribution < -0.4 is 0 Å². The summed E-state index contributed by atoms with van der Waals surface area (Å²) >= 11 is 0. The van der Waals surface area contributed by atoms with Gasteiger partial charge in [0.1, 0.15) is 49.3 Å². The lowest BCUT2D eigenvalue weighted by Crippen LogP contribution is -2.63. The van der Waals surface area contributed by atoms with Crippen molar-refractivity contribution >= 4 is 0 Å². The van der Waals surface area contributed by atoms with Crippen molar-refractivity contribution < 1.29 is 55.1 Å². The van der Waals surface area contributed by atoms with Crippen molar-refractivity contribution in [2.24, 2.45) is 0 Å². The minimum absolute atomic E-state index is 0.669. The molecule has 2 aliphatic rings. The summed E-state index contributed by atoms with van der Waals surface area (Å²) in [6.45, 7) is -2.34. The van der Waals surface area contributed by atoms with E-state index in [9.17, 15) is 35.7 Å². The molecule has 0 radical (unpaired) electrons. The van der Waals surface area contributed by atoms with Crippen LogP contribution in [0.15, 0.2) is 0 Å². The highest BCUT2D eigenvalue weighted by atomic mass is 16.8. The molecule has 2 saturated heterocycles. The van der Waals surface area contributed by atoms with E-state index >= 15 is 0 Å². The first-order valence-corrected chi connectivity index (χ1v) is 7.05. The molecule has 0 amide bonds. The molecule has 0 spiro atoms. The van der Waals surface area contributed by atoms with E-state index in [1.165, 1.54) is 0 Å². The maximum absolute atomic E-state index is 10.0. The second-order valence-corrected chi connectivity index (χ2v) is 5.56. The van der Waals surface area contributed by atoms with Crippen molar-refractivity contribution in [2.45, 2.75) is 54.8 Å². The first-order valence-electron chi connectivity index (χ1n) is 7.05. The fraction of sp³-hybridized carbons (Fsp3) is 1.00. The van der Waals surface area contributed by atoms with Crippen LogP contribution in [0.5, 0.6) is 0 Å². The van der Waals surface area contributed by atoms with Crippen LogP contribution in [0.25, 0.3) is 0 Å². The van der Waals surface area contributed by atoms with E-state index in [0.717, 1.165) is 0 Å². The first kappa shape index (κ1) is 18.9. The van der Waals surface area contributed by atoms with E-state index in [1.807, 2.05) is 0 Å². The molecule has 0 saturated carbocycles. The highest BCUT2D eigenvalue weighted by Gasteiger charge is 2.58. The number of hydrogen-bond acceptors (Lipinski definition) is 11. The second-order valence-electron chi connectivity index (χ2n) is 5.56. The van der Waals surface area contributed by atoms with E-state index in [2.05, 4.69) is 0 Å². The van der Waals surface area contributed by atoms with Gasteiger partial charge in [0.05, 0.1) is 13.2 Å². The molecule has 2 heterocycles. The lowest BCUT2D eigenvalue weighted by molar-refractivity contribution is -0.358. The Hall–Kier alpha value is -0.440. The molecule has 11 heteroatoms. The van der Waals surface area contributed by atoms with Crippen LogP contribution in [0.1, 0.15) is 0 Å². The normalized spacial score (nSPS) is 51.1. The molecule has 7 unspecified atom stereocenters. The molecule has 0 aromatic heterocycles. The van der Waals surface area contributed by atoms with E-state index in [1.54, 1.807) is 0 Å². The first-order chi connectivity index (χ1) is 10.8. The number of aliphatic hydroxyl groups excluding tert-OH is 8. The van der Waals surface area contributed by atoms with Gasteiger partial charge in [-0.25, -0.2) is 0 Å². The largest absolute Gasteiger partial charge is 0.394 e. The van der Waals surface area contributed by atoms with E-state index in [-0.39, 0.29) is 0 Å². The lowest BCUT2D eigenvalue weighted by atomic mass is 9.97. The minimum atomic E-state index is -2.21. The van der Waals surface area contributed by atoms with Gasteiger partial charge in [0, 0.05) is 0 Å². The van der Waals surface area contributed by atoms with Crippen LogP contribution in [0.4, 0.5) is 0 Å². The van der Waals surface area contributed by atoms with Crippen molar-refractivity contribution in [3.63, 3.8) is 0 Å². The standard InChI is InChI=1S/C12H22O11/c13-1-4-6(16)10(19)12(3-15,22-4)23-9-5(2-14)21-11(20)8(18)7(9)17/h4-11,13-20H,1-3H2/t4?,5?,6?,7?,8?,9-,10?,11+,12?/m0/s1. The zero-order chi connectivity index (χ0) is 17.4. The van der Waals surface area contributed by atoms with Gasteiger partial charge in [-0.15, -0.1) is 0 Å². The Bertz CT molecular complexity index is 393. The van der Waals surface area contributed by atoms with E-state index < -0.39 is 74.6 Å². The Labute approximate surface area is 130 Å². The molecule has 9 atom stereocenters. The summed E-state index contributed by atoms with van der Waals surface area (Å²) in [7, 11) is 0. The molecule has 136 valence electrons. The van der Waals surface area contributed by atoms with E-state index in [4.69, 9.17) is 19.3 Å². The molecule has 11 nitrogen and oxygen atoms in total. The minimum Gasteiger partial charge on any atom is -0.394 e. The molecule has 23 heavy (non-hydrogen) atoms. The maximum Gasteiger partial charge on any atom is 0.222 e. The Balaban J connectivity index is 2.23. The Morgan fingerprint density at radius 3 is 1.91 bits per heavy atom. The Morgan fingerprint density at radius 1 is 0.826 bits per heavy atom. The molecule has 0 aromatic carbocycles. The number of rotatable bonds is 5. The summed E-state index contributed by atoms with van der Waals surface area (Å²) in [5.41, 5.74) is 0. The Morgan fingerprint density at radius 2 is 1.43 bits per heavy atom. The summed E-state index contributed by atoms with van der Waals surface area (Å²) in [6.07, 6.45) is -12.7. The van der Waals surface area contributed by atoms with Gasteiger partial charge in [-0.2, -0.15) is 0 Å². The van der Waals surface area contributed by atoms with Gasteiger partial charge in [0.15, 0.2) is 6.29 Å². The van der Waals surface area contributed by atoms with Crippen LogP contribution in [-0.4, -0.2) is 115 Å². The summed E-state index contributed by atoms with van der Waals surface area (Å²) < 4.78 is 15.4. The van der Waals surface area contributed by atoms with Crippen molar-refractivity contribution in [3.8, 4) is 0 Å². The smallest absolute Gasteiger partial charge is 0.222 e. The maximum atomic E-state index is 10.0. The zero-order valence-corrected chi connectivity index (χ0v) is 12.0. The van der Waals surface area contributed by atoms with Crippen LogP contribution in [0.3, 0.4) is 0 Å². The molecule has 2 rings (SSSR count). The number of ether oxygens (including phenoxy) is 3. The van der Waals surface area contributed by atoms with Crippen LogP contribution in [-0.2, 0) is 14.2 Å². The van der Waals surface area contributed by atoms with Crippen molar-refractivity contribution in [1.82, 2.24) is 0 Å². The fourth-order valence-corrected chi connectivity index (χ4v) is 2.71. The SMILES string of the molecule is OCC1OC(CO)(O[C@H]2C(CO)O[C@@H](O)C(O)C2O)C(O)C1O. The fourth-order valence-electron chi connectivity index (χ4n) is 2.71. The Kier molecular flexibility index (Phi) is 5.92. The van der Waals surface area contributed by atoms with Crippen LogP contribution in [0, 0.1) is 0 Å². The van der Waals surface area contributed by atoms with Crippen LogP contribution in [0.2, 0.25) is 0 Å². The molecular formula is C12H22O11. The van der Waals surface area contributed by atoms with Crippen molar-refractivity contribution in [1.29, 1.82) is 0 Å². The zero-order valence-electron chi connectivity index (χ0n) is 12.0. The number of hydrogen-bond donors (Lipinski definition) is 8. The van der Waals surface area contributed by atoms with Gasteiger partial charge >= 0.3 is 0 Å². The third-order valence-corrected chi connectivity index (χ3v) is 4.08. The highest BCUT2D eigenvalue weighted by Crippen LogP contribution is 2.36. The third-order valence-electron chi connectivity index (χ3n) is 4.08.